The first-order valence-electron chi connectivity index (χ1n) is 10.3. The standard InChI is InChI=1S/C24H24N4O4/c1-4-30-15-11-9-14(10-12-15)21-20-19(17(13-25)23(26)32-24(20)28-27-21)16-7-6-8-18(29-3)22(16)31-5-2/h6-12,19H,4-5,26H2,1-3H3,(H,27,28). The summed E-state index contributed by atoms with van der Waals surface area (Å²) in [5, 5.41) is 17.4. The quantitative estimate of drug-likeness (QED) is 0.577. The zero-order valence-corrected chi connectivity index (χ0v) is 18.1. The minimum absolute atomic E-state index is 0.0139. The highest BCUT2D eigenvalue weighted by atomic mass is 16.5. The Morgan fingerprint density at radius 1 is 1.12 bits per heavy atom. The van der Waals surface area contributed by atoms with E-state index < -0.39 is 5.92 Å². The van der Waals surface area contributed by atoms with Crippen LogP contribution in [0.25, 0.3) is 11.3 Å². The van der Waals surface area contributed by atoms with Crippen molar-refractivity contribution in [2.45, 2.75) is 19.8 Å². The van der Waals surface area contributed by atoms with Crippen LogP contribution in [0.5, 0.6) is 23.1 Å². The summed E-state index contributed by atoms with van der Waals surface area (Å²) < 4.78 is 22.7. The molecule has 3 aromatic rings. The molecule has 0 saturated carbocycles. The van der Waals surface area contributed by atoms with Gasteiger partial charge in [-0.25, -0.2) is 0 Å². The number of nitrogens with one attached hydrogen (secondary N) is 1. The first-order chi connectivity index (χ1) is 15.6. The van der Waals surface area contributed by atoms with E-state index in [-0.39, 0.29) is 11.5 Å². The number of benzene rings is 2. The van der Waals surface area contributed by atoms with Crippen molar-refractivity contribution in [2.24, 2.45) is 5.73 Å². The van der Waals surface area contributed by atoms with E-state index in [1.807, 2.05) is 56.3 Å². The number of para-hydroxylation sites is 1. The van der Waals surface area contributed by atoms with Gasteiger partial charge in [0.25, 0.3) is 0 Å². The summed E-state index contributed by atoms with van der Waals surface area (Å²) >= 11 is 0. The molecule has 1 aliphatic heterocycles. The summed E-state index contributed by atoms with van der Waals surface area (Å²) in [6, 6.07) is 15.4. The average Bonchev–Trinajstić information content (AvgIpc) is 3.22. The maximum absolute atomic E-state index is 9.97. The molecule has 0 saturated heterocycles. The van der Waals surface area contributed by atoms with Crippen LogP contribution >= 0.6 is 0 Å². The van der Waals surface area contributed by atoms with Crippen molar-refractivity contribution in [3.8, 4) is 40.5 Å². The molecule has 3 N–H and O–H groups in total. The van der Waals surface area contributed by atoms with Crippen LogP contribution in [-0.2, 0) is 0 Å². The van der Waals surface area contributed by atoms with Crippen molar-refractivity contribution in [1.29, 1.82) is 5.26 Å². The highest BCUT2D eigenvalue weighted by Gasteiger charge is 2.37. The monoisotopic (exact) mass is 432 g/mol. The van der Waals surface area contributed by atoms with E-state index >= 15 is 0 Å². The number of aromatic nitrogens is 2. The molecule has 32 heavy (non-hydrogen) atoms. The third kappa shape index (κ3) is 3.58. The van der Waals surface area contributed by atoms with Gasteiger partial charge in [0.1, 0.15) is 17.4 Å². The molecule has 164 valence electrons. The van der Waals surface area contributed by atoms with Gasteiger partial charge in [-0.05, 0) is 44.2 Å². The number of fused-ring (bicyclic) bond motifs is 1. The molecule has 2 heterocycles. The smallest absolute Gasteiger partial charge is 0.244 e. The lowest BCUT2D eigenvalue weighted by molar-refractivity contribution is 0.306. The van der Waals surface area contributed by atoms with E-state index in [1.54, 1.807) is 7.11 Å². The molecule has 0 spiro atoms. The molecule has 8 heteroatoms. The van der Waals surface area contributed by atoms with Crippen molar-refractivity contribution < 1.29 is 18.9 Å². The largest absolute Gasteiger partial charge is 0.494 e. The number of aromatic amines is 1. The Morgan fingerprint density at radius 3 is 2.53 bits per heavy atom. The normalized spacial score (nSPS) is 14.9. The zero-order valence-electron chi connectivity index (χ0n) is 18.1. The lowest BCUT2D eigenvalue weighted by Crippen LogP contribution is -2.21. The van der Waals surface area contributed by atoms with Crippen molar-refractivity contribution >= 4 is 0 Å². The highest BCUT2D eigenvalue weighted by Crippen LogP contribution is 2.49. The van der Waals surface area contributed by atoms with Gasteiger partial charge in [-0.3, -0.25) is 5.10 Å². The fraction of sp³-hybridized carbons (Fsp3) is 0.250. The molecule has 4 rings (SSSR count). The molecule has 0 aliphatic carbocycles. The number of methoxy groups -OCH3 is 1. The molecule has 1 aliphatic rings. The maximum atomic E-state index is 9.97. The molecule has 0 amide bonds. The second-order valence-electron chi connectivity index (χ2n) is 7.01. The van der Waals surface area contributed by atoms with E-state index in [0.29, 0.717) is 36.2 Å². The van der Waals surface area contributed by atoms with Crippen LogP contribution in [0.3, 0.4) is 0 Å². The molecule has 1 aromatic heterocycles. The number of hydrogen-bond acceptors (Lipinski definition) is 7. The second kappa shape index (κ2) is 8.94. The Morgan fingerprint density at radius 2 is 1.88 bits per heavy atom. The van der Waals surface area contributed by atoms with Gasteiger partial charge in [0.05, 0.1) is 37.5 Å². The number of nitrogens with zero attached hydrogens (tertiary/aromatic N) is 2. The first-order valence-corrected chi connectivity index (χ1v) is 10.3. The number of nitrogens with two attached hydrogens (primary N) is 1. The van der Waals surface area contributed by atoms with Crippen LogP contribution in [0.1, 0.15) is 30.9 Å². The van der Waals surface area contributed by atoms with Crippen LogP contribution in [0.4, 0.5) is 0 Å². The first kappa shape index (κ1) is 21.1. The van der Waals surface area contributed by atoms with Crippen LogP contribution < -0.4 is 24.7 Å². The molecule has 0 bridgehead atoms. The van der Waals surface area contributed by atoms with Crippen LogP contribution in [0.15, 0.2) is 53.9 Å². The van der Waals surface area contributed by atoms with Gasteiger partial charge in [0, 0.05) is 11.1 Å². The Kier molecular flexibility index (Phi) is 5.90. The van der Waals surface area contributed by atoms with Gasteiger partial charge in [-0.15, -0.1) is 5.10 Å². The summed E-state index contributed by atoms with van der Waals surface area (Å²) in [6.07, 6.45) is 0. The minimum Gasteiger partial charge on any atom is -0.494 e. The third-order valence-electron chi connectivity index (χ3n) is 5.22. The van der Waals surface area contributed by atoms with Crippen molar-refractivity contribution in [3.63, 3.8) is 0 Å². The summed E-state index contributed by atoms with van der Waals surface area (Å²) in [6.45, 7) is 4.84. The summed E-state index contributed by atoms with van der Waals surface area (Å²) in [5.41, 5.74) is 9.43. The molecule has 0 fully saturated rings. The van der Waals surface area contributed by atoms with E-state index in [4.69, 9.17) is 24.7 Å². The highest BCUT2D eigenvalue weighted by molar-refractivity contribution is 5.72. The maximum Gasteiger partial charge on any atom is 0.244 e. The van der Waals surface area contributed by atoms with Gasteiger partial charge >= 0.3 is 0 Å². The Labute approximate surface area is 186 Å². The van der Waals surface area contributed by atoms with Crippen LogP contribution in [0.2, 0.25) is 0 Å². The predicted molar refractivity (Wildman–Crippen MR) is 119 cm³/mol. The number of H-pyrrole nitrogens is 1. The second-order valence-corrected chi connectivity index (χ2v) is 7.01. The fourth-order valence-electron chi connectivity index (χ4n) is 3.88. The number of allylic oxidation sites excluding steroid dienone is 1. The van der Waals surface area contributed by atoms with Crippen molar-refractivity contribution in [3.05, 3.63) is 65.0 Å². The van der Waals surface area contributed by atoms with Gasteiger partial charge < -0.3 is 24.7 Å². The SMILES string of the molecule is CCOc1ccc(-c2[nH]nc3c2C(c2cccc(OC)c2OCC)C(C#N)=C(N)O3)cc1. The molecule has 1 unspecified atom stereocenters. The predicted octanol–water partition coefficient (Wildman–Crippen LogP) is 4.10. The zero-order chi connectivity index (χ0) is 22.7. The topological polar surface area (TPSA) is 115 Å². The fourth-order valence-corrected chi connectivity index (χ4v) is 3.88. The van der Waals surface area contributed by atoms with Crippen molar-refractivity contribution in [1.82, 2.24) is 10.2 Å². The third-order valence-corrected chi connectivity index (χ3v) is 5.22. The van der Waals surface area contributed by atoms with E-state index in [9.17, 15) is 5.26 Å². The molecule has 1 atom stereocenters. The molecule has 0 radical (unpaired) electrons. The Balaban J connectivity index is 1.92. The van der Waals surface area contributed by atoms with E-state index in [0.717, 1.165) is 22.6 Å². The summed E-state index contributed by atoms with van der Waals surface area (Å²) in [7, 11) is 1.58. The van der Waals surface area contributed by atoms with E-state index in [2.05, 4.69) is 16.3 Å². The molecule has 8 nitrogen and oxygen atoms in total. The van der Waals surface area contributed by atoms with Crippen LogP contribution in [-0.4, -0.2) is 30.5 Å². The number of ether oxygens (including phenoxy) is 4. The van der Waals surface area contributed by atoms with Gasteiger partial charge in [-0.1, -0.05) is 12.1 Å². The Hall–Kier alpha value is -4.12. The Bertz CT molecular complexity index is 1190. The van der Waals surface area contributed by atoms with Crippen LogP contribution in [0, 0.1) is 11.3 Å². The summed E-state index contributed by atoms with van der Waals surface area (Å²) in [5.74, 6) is 1.67. The van der Waals surface area contributed by atoms with Crippen molar-refractivity contribution in [2.75, 3.05) is 20.3 Å². The number of hydrogen-bond donors (Lipinski definition) is 2. The number of rotatable bonds is 7. The average molecular weight is 432 g/mol. The number of nitriles is 1. The van der Waals surface area contributed by atoms with E-state index in [1.165, 1.54) is 0 Å². The summed E-state index contributed by atoms with van der Waals surface area (Å²) in [4.78, 5) is 0. The van der Waals surface area contributed by atoms with Gasteiger partial charge in [0.2, 0.25) is 11.8 Å². The molecular weight excluding hydrogens is 408 g/mol. The van der Waals surface area contributed by atoms with Gasteiger partial charge in [-0.2, -0.15) is 5.26 Å². The lowest BCUT2D eigenvalue weighted by Gasteiger charge is -2.26. The van der Waals surface area contributed by atoms with Gasteiger partial charge in [0.15, 0.2) is 11.5 Å². The molecular formula is C24H24N4O4. The molecule has 2 aromatic carbocycles. The minimum atomic E-state index is -0.555. The lowest BCUT2D eigenvalue weighted by atomic mass is 9.82.